The van der Waals surface area contributed by atoms with Crippen molar-refractivity contribution < 1.29 is 36.6 Å². The lowest BCUT2D eigenvalue weighted by molar-refractivity contribution is -0.271. The lowest BCUT2D eigenvalue weighted by Crippen LogP contribution is -2.62. The summed E-state index contributed by atoms with van der Waals surface area (Å²) in [5.41, 5.74) is -3.77. The highest BCUT2D eigenvalue weighted by Gasteiger charge is 2.64. The molecule has 0 aliphatic carbocycles. The second-order valence-corrected chi connectivity index (χ2v) is 8.48. The number of alkyl carbamates (subject to hydrolysis) is 1. The molecule has 4 rings (SSSR count). The number of carbonyl (C=O) groups is 2. The van der Waals surface area contributed by atoms with E-state index in [1.54, 1.807) is 18.2 Å². The predicted octanol–water partition coefficient (Wildman–Crippen LogP) is 4.11. The summed E-state index contributed by atoms with van der Waals surface area (Å²) in [6.45, 7) is 0.0860. The third-order valence-corrected chi connectivity index (χ3v) is 6.74. The van der Waals surface area contributed by atoms with E-state index in [9.17, 15) is 27.2 Å². The topological polar surface area (TPSA) is 67.9 Å². The molecule has 182 valence electrons. The highest BCUT2D eigenvalue weighted by Crippen LogP contribution is 2.46. The van der Waals surface area contributed by atoms with Crippen molar-refractivity contribution in [2.45, 2.75) is 36.1 Å². The summed E-state index contributed by atoms with van der Waals surface area (Å²) in [5, 5.41) is 2.62. The molecule has 2 aliphatic heterocycles. The normalized spacial score (nSPS) is 22.0. The van der Waals surface area contributed by atoms with Crippen molar-refractivity contribution in [2.24, 2.45) is 0 Å². The zero-order valence-electron chi connectivity index (χ0n) is 18.4. The summed E-state index contributed by atoms with van der Waals surface area (Å²) >= 11 is 0. The molecule has 0 radical (unpaired) electrons. The van der Waals surface area contributed by atoms with E-state index in [1.807, 2.05) is 0 Å². The van der Waals surface area contributed by atoms with Crippen LogP contribution in [0, 0.1) is 5.82 Å². The Morgan fingerprint density at radius 2 is 1.71 bits per heavy atom. The molecule has 2 aliphatic rings. The number of amides is 2. The molecule has 2 atom stereocenters. The van der Waals surface area contributed by atoms with Crippen molar-refractivity contribution in [2.75, 3.05) is 26.7 Å². The molecule has 2 heterocycles. The number of ether oxygens (including phenoxy) is 2. The average Bonchev–Trinajstić information content (AvgIpc) is 2.81. The van der Waals surface area contributed by atoms with Gasteiger partial charge < -0.3 is 19.7 Å². The van der Waals surface area contributed by atoms with Gasteiger partial charge in [0, 0.05) is 51.1 Å². The van der Waals surface area contributed by atoms with Crippen molar-refractivity contribution in [1.82, 2.24) is 10.2 Å². The number of carbonyl (C=O) groups excluding carboxylic acids is 2. The van der Waals surface area contributed by atoms with Gasteiger partial charge in [-0.2, -0.15) is 13.2 Å². The van der Waals surface area contributed by atoms with Crippen LogP contribution in [0.1, 0.15) is 29.9 Å². The van der Waals surface area contributed by atoms with Crippen LogP contribution in [0.2, 0.25) is 0 Å². The van der Waals surface area contributed by atoms with E-state index in [1.165, 1.54) is 36.4 Å². The summed E-state index contributed by atoms with van der Waals surface area (Å²) in [5.74, 6) is -1.99. The van der Waals surface area contributed by atoms with Gasteiger partial charge in [0.2, 0.25) is 0 Å². The number of hydrogen-bond acceptors (Lipinski definition) is 4. The first kappa shape index (κ1) is 24.0. The molecule has 2 fully saturated rings. The second kappa shape index (κ2) is 8.90. The molecule has 10 heteroatoms. The van der Waals surface area contributed by atoms with Gasteiger partial charge in [0.25, 0.3) is 11.5 Å². The summed E-state index contributed by atoms with van der Waals surface area (Å²) in [6, 6.07) is 12.6. The first-order valence-electron chi connectivity index (χ1n) is 10.8. The Kier molecular flexibility index (Phi) is 6.28. The fourth-order valence-electron chi connectivity index (χ4n) is 4.94. The molecule has 1 N–H and O–H groups in total. The lowest BCUT2D eigenvalue weighted by atomic mass is 9.74. The number of nitrogens with one attached hydrogen (secondary N) is 1. The summed E-state index contributed by atoms with van der Waals surface area (Å²) in [6.07, 6.45) is -5.39. The van der Waals surface area contributed by atoms with E-state index >= 15 is 0 Å². The summed E-state index contributed by atoms with van der Waals surface area (Å²) in [4.78, 5) is 26.5. The SMILES string of the molecule is CO[C@@](C(=O)N1CCC2(CC1)OC(=O)NC[C@H]2c1ccc(F)cc1)(c1ccccc1)C(F)(F)F. The Bertz CT molecular complexity index is 1040. The van der Waals surface area contributed by atoms with Crippen molar-refractivity contribution in [3.63, 3.8) is 0 Å². The maximum absolute atomic E-state index is 14.3. The number of hydrogen-bond donors (Lipinski definition) is 1. The van der Waals surface area contributed by atoms with Gasteiger partial charge in [-0.05, 0) is 17.7 Å². The van der Waals surface area contributed by atoms with E-state index in [0.29, 0.717) is 0 Å². The lowest BCUT2D eigenvalue weighted by Gasteiger charge is -2.49. The van der Waals surface area contributed by atoms with E-state index < -0.39 is 35.2 Å². The third-order valence-electron chi connectivity index (χ3n) is 6.74. The molecule has 6 nitrogen and oxygen atoms in total. The van der Waals surface area contributed by atoms with Crippen LogP contribution in [-0.2, 0) is 19.9 Å². The zero-order chi connectivity index (χ0) is 24.6. The van der Waals surface area contributed by atoms with Crippen molar-refractivity contribution in [1.29, 1.82) is 0 Å². The highest BCUT2D eigenvalue weighted by atomic mass is 19.4. The quantitative estimate of drug-likeness (QED) is 0.669. The molecule has 34 heavy (non-hydrogen) atoms. The van der Waals surface area contributed by atoms with Gasteiger partial charge in [0.1, 0.15) is 11.4 Å². The van der Waals surface area contributed by atoms with Gasteiger partial charge in [-0.1, -0.05) is 42.5 Å². The second-order valence-electron chi connectivity index (χ2n) is 8.48. The molecule has 0 bridgehead atoms. The highest BCUT2D eigenvalue weighted by molar-refractivity contribution is 5.88. The Morgan fingerprint density at radius 1 is 1.09 bits per heavy atom. The molecule has 0 unspecified atom stereocenters. The largest absolute Gasteiger partial charge is 0.442 e. The first-order valence-corrected chi connectivity index (χ1v) is 10.8. The zero-order valence-corrected chi connectivity index (χ0v) is 18.4. The molecule has 2 saturated heterocycles. The summed E-state index contributed by atoms with van der Waals surface area (Å²) in [7, 11) is 0.864. The maximum atomic E-state index is 14.3. The Balaban J connectivity index is 1.61. The van der Waals surface area contributed by atoms with Crippen LogP contribution in [0.5, 0.6) is 0 Å². The average molecular weight is 480 g/mol. The predicted molar refractivity (Wildman–Crippen MR) is 113 cm³/mol. The number of alkyl halides is 3. The number of nitrogens with zero attached hydrogens (tertiary/aromatic N) is 1. The van der Waals surface area contributed by atoms with E-state index in [4.69, 9.17) is 9.47 Å². The smallest absolute Gasteiger partial charge is 0.430 e. The van der Waals surface area contributed by atoms with Crippen LogP contribution in [0.15, 0.2) is 54.6 Å². The summed E-state index contributed by atoms with van der Waals surface area (Å²) < 4.78 is 66.9. The van der Waals surface area contributed by atoms with Gasteiger partial charge in [-0.15, -0.1) is 0 Å². The number of methoxy groups -OCH3 is 1. The van der Waals surface area contributed by atoms with Gasteiger partial charge in [0.15, 0.2) is 0 Å². The van der Waals surface area contributed by atoms with Crippen LogP contribution >= 0.6 is 0 Å². The number of halogens is 4. The fraction of sp³-hybridized carbons (Fsp3) is 0.417. The number of likely N-dealkylation sites (tertiary alicyclic amines) is 1. The Labute approximate surface area is 193 Å². The minimum absolute atomic E-state index is 0.0716. The molecule has 2 aromatic rings. The van der Waals surface area contributed by atoms with E-state index in [-0.39, 0.29) is 44.0 Å². The molecule has 0 aromatic heterocycles. The number of piperidine rings is 1. The molecule has 1 spiro atoms. The van der Waals surface area contributed by atoms with Crippen LogP contribution < -0.4 is 5.32 Å². The van der Waals surface area contributed by atoms with Crippen molar-refractivity contribution in [3.05, 3.63) is 71.5 Å². The Hall–Kier alpha value is -3.14. The fourth-order valence-corrected chi connectivity index (χ4v) is 4.94. The van der Waals surface area contributed by atoms with E-state index in [0.717, 1.165) is 17.6 Å². The van der Waals surface area contributed by atoms with Crippen LogP contribution in [-0.4, -0.2) is 55.4 Å². The van der Waals surface area contributed by atoms with Gasteiger partial charge in [-0.3, -0.25) is 4.79 Å². The molecule has 2 amide bonds. The standard InChI is InChI=1S/C24H24F4N2O4/c1-33-23(24(26,27)28,17-5-3-2-4-6-17)20(31)30-13-11-22(12-14-30)19(15-29-21(32)34-22)16-7-9-18(25)10-8-16/h2-10,19H,11-15H2,1H3,(H,29,32)/t19-,23+/m0/s1. The molecule has 2 aromatic carbocycles. The monoisotopic (exact) mass is 480 g/mol. The van der Waals surface area contributed by atoms with E-state index in [2.05, 4.69) is 5.32 Å². The minimum atomic E-state index is -5.01. The van der Waals surface area contributed by atoms with Crippen molar-refractivity contribution in [3.8, 4) is 0 Å². The van der Waals surface area contributed by atoms with Crippen LogP contribution in [0.25, 0.3) is 0 Å². The number of rotatable bonds is 4. The van der Waals surface area contributed by atoms with Gasteiger partial charge in [0.05, 0.1) is 0 Å². The van der Waals surface area contributed by atoms with Crippen molar-refractivity contribution >= 4 is 12.0 Å². The number of benzene rings is 2. The minimum Gasteiger partial charge on any atom is -0.442 e. The third kappa shape index (κ3) is 4.00. The van der Waals surface area contributed by atoms with Gasteiger partial charge >= 0.3 is 12.3 Å². The first-order chi connectivity index (χ1) is 16.1. The van der Waals surface area contributed by atoms with Gasteiger partial charge in [-0.25, -0.2) is 9.18 Å². The molecular weight excluding hydrogens is 456 g/mol. The molecular formula is C24H24F4N2O4. The maximum Gasteiger partial charge on any atom is 0.430 e. The Morgan fingerprint density at radius 3 is 2.26 bits per heavy atom. The van der Waals surface area contributed by atoms with Crippen LogP contribution in [0.4, 0.5) is 22.4 Å². The molecule has 0 saturated carbocycles. The van der Waals surface area contributed by atoms with Crippen LogP contribution in [0.3, 0.4) is 0 Å².